The Balaban J connectivity index is 1.93. The van der Waals surface area contributed by atoms with Crippen LogP contribution in [0.2, 0.25) is 0 Å². The average Bonchev–Trinajstić information content (AvgIpc) is 3.07. The highest BCUT2D eigenvalue weighted by molar-refractivity contribution is 7.89. The summed E-state index contributed by atoms with van der Waals surface area (Å²) in [5.74, 6) is -0.0437. The van der Waals surface area contributed by atoms with E-state index < -0.39 is 10.0 Å². The third-order valence-corrected chi connectivity index (χ3v) is 6.01. The van der Waals surface area contributed by atoms with Gasteiger partial charge in [0.05, 0.1) is 10.5 Å². The summed E-state index contributed by atoms with van der Waals surface area (Å²) in [5, 5.41) is 0. The van der Waals surface area contributed by atoms with Crippen LogP contribution in [-0.4, -0.2) is 49.2 Å². The van der Waals surface area contributed by atoms with Crippen LogP contribution in [0.3, 0.4) is 0 Å². The lowest BCUT2D eigenvalue weighted by atomic mass is 9.99. The van der Waals surface area contributed by atoms with Crippen LogP contribution in [0.5, 0.6) is 0 Å². The Kier molecular flexibility index (Phi) is 3.99. The summed E-state index contributed by atoms with van der Waals surface area (Å²) in [6, 6.07) is 7.00. The van der Waals surface area contributed by atoms with Crippen molar-refractivity contribution in [1.29, 1.82) is 0 Å². The van der Waals surface area contributed by atoms with Crippen molar-refractivity contribution in [3.8, 4) is 0 Å². The Morgan fingerprint density at radius 1 is 1.26 bits per heavy atom. The normalized spacial score (nSPS) is 14.8. The minimum absolute atomic E-state index is 0.0437. The molecule has 122 valence electrons. The van der Waals surface area contributed by atoms with Crippen LogP contribution in [0.15, 0.2) is 41.6 Å². The quantitative estimate of drug-likeness (QED) is 0.924. The molecule has 0 fully saturated rings. The van der Waals surface area contributed by atoms with Gasteiger partial charge in [0, 0.05) is 39.6 Å². The molecule has 0 atom stereocenters. The highest BCUT2D eigenvalue weighted by Crippen LogP contribution is 2.27. The van der Waals surface area contributed by atoms with Crippen LogP contribution >= 0.6 is 0 Å². The number of carbonyl (C=O) groups is 1. The first kappa shape index (κ1) is 15.8. The van der Waals surface area contributed by atoms with Gasteiger partial charge < -0.3 is 9.88 Å². The number of sulfonamides is 1. The SMILES string of the molecule is CN(C)S(=O)(=O)c1cccc2c1CCN(C(=O)c1cc[nH]c1)C2. The number of nitrogens with zero attached hydrogens (tertiary/aromatic N) is 2. The van der Waals surface area contributed by atoms with Gasteiger partial charge in [-0.2, -0.15) is 0 Å². The smallest absolute Gasteiger partial charge is 0.255 e. The molecule has 3 rings (SSSR count). The molecule has 1 N–H and O–H groups in total. The molecule has 0 saturated carbocycles. The van der Waals surface area contributed by atoms with Crippen molar-refractivity contribution in [2.24, 2.45) is 0 Å². The Morgan fingerprint density at radius 2 is 2.04 bits per heavy atom. The molecule has 0 bridgehead atoms. The van der Waals surface area contributed by atoms with E-state index in [1.54, 1.807) is 35.5 Å². The minimum Gasteiger partial charge on any atom is -0.367 e. The standard InChI is InChI=1S/C16H19N3O3S/c1-18(2)23(21,22)15-5-3-4-13-11-19(9-7-14(13)15)16(20)12-6-8-17-10-12/h3-6,8,10,17H,7,9,11H2,1-2H3. The molecule has 1 aromatic heterocycles. The monoisotopic (exact) mass is 333 g/mol. The molecule has 2 aromatic rings. The molecule has 1 amide bonds. The summed E-state index contributed by atoms with van der Waals surface area (Å²) < 4.78 is 26.1. The number of rotatable bonds is 3. The molecule has 0 radical (unpaired) electrons. The van der Waals surface area contributed by atoms with E-state index in [9.17, 15) is 13.2 Å². The number of nitrogens with one attached hydrogen (secondary N) is 1. The van der Waals surface area contributed by atoms with Gasteiger partial charge in [-0.05, 0) is 29.7 Å². The van der Waals surface area contributed by atoms with Crippen LogP contribution in [0.25, 0.3) is 0 Å². The van der Waals surface area contributed by atoms with E-state index in [-0.39, 0.29) is 5.91 Å². The molecular weight excluding hydrogens is 314 g/mol. The van der Waals surface area contributed by atoms with E-state index in [1.807, 2.05) is 6.07 Å². The lowest BCUT2D eigenvalue weighted by Crippen LogP contribution is -2.37. The highest BCUT2D eigenvalue weighted by atomic mass is 32.2. The number of hydrogen-bond donors (Lipinski definition) is 1. The number of fused-ring (bicyclic) bond motifs is 1. The van der Waals surface area contributed by atoms with Gasteiger partial charge in [0.15, 0.2) is 0 Å². The third kappa shape index (κ3) is 2.77. The number of aromatic nitrogens is 1. The number of aromatic amines is 1. The van der Waals surface area contributed by atoms with E-state index in [4.69, 9.17) is 0 Å². The second-order valence-electron chi connectivity index (χ2n) is 5.76. The summed E-state index contributed by atoms with van der Waals surface area (Å²) in [6.07, 6.45) is 3.92. The summed E-state index contributed by atoms with van der Waals surface area (Å²) in [7, 11) is -0.420. The largest absolute Gasteiger partial charge is 0.367 e. The van der Waals surface area contributed by atoms with E-state index in [1.165, 1.54) is 18.4 Å². The van der Waals surface area contributed by atoms with Crippen molar-refractivity contribution in [2.75, 3.05) is 20.6 Å². The molecule has 0 spiro atoms. The van der Waals surface area contributed by atoms with Crippen molar-refractivity contribution in [2.45, 2.75) is 17.9 Å². The number of amides is 1. The summed E-state index contributed by atoms with van der Waals surface area (Å²) in [4.78, 5) is 17.4. The van der Waals surface area contributed by atoms with Crippen LogP contribution in [0.1, 0.15) is 21.5 Å². The fraction of sp³-hybridized carbons (Fsp3) is 0.312. The maximum Gasteiger partial charge on any atom is 0.255 e. The molecule has 23 heavy (non-hydrogen) atoms. The van der Waals surface area contributed by atoms with Crippen LogP contribution < -0.4 is 0 Å². The second-order valence-corrected chi connectivity index (χ2v) is 7.88. The van der Waals surface area contributed by atoms with Gasteiger partial charge in [0.2, 0.25) is 10.0 Å². The second kappa shape index (κ2) is 5.82. The van der Waals surface area contributed by atoms with E-state index in [0.29, 0.717) is 30.0 Å². The maximum absolute atomic E-state index is 12.4. The molecule has 0 unspecified atom stereocenters. The Bertz CT molecular complexity index is 826. The summed E-state index contributed by atoms with van der Waals surface area (Å²) >= 11 is 0. The first-order valence-corrected chi connectivity index (χ1v) is 8.80. The number of hydrogen-bond acceptors (Lipinski definition) is 3. The number of carbonyl (C=O) groups excluding carboxylic acids is 1. The fourth-order valence-corrected chi connectivity index (χ4v) is 4.01. The Morgan fingerprint density at radius 3 is 2.70 bits per heavy atom. The van der Waals surface area contributed by atoms with Crippen LogP contribution in [0.4, 0.5) is 0 Å². The van der Waals surface area contributed by atoms with E-state index in [0.717, 1.165) is 11.1 Å². The van der Waals surface area contributed by atoms with Gasteiger partial charge in [-0.1, -0.05) is 12.1 Å². The van der Waals surface area contributed by atoms with Crippen LogP contribution in [0, 0.1) is 0 Å². The fourth-order valence-electron chi connectivity index (χ4n) is 2.83. The number of benzene rings is 1. The lowest BCUT2D eigenvalue weighted by molar-refractivity contribution is 0.0734. The van der Waals surface area contributed by atoms with Gasteiger partial charge >= 0.3 is 0 Å². The van der Waals surface area contributed by atoms with Gasteiger partial charge in [-0.3, -0.25) is 4.79 Å². The van der Waals surface area contributed by atoms with Crippen molar-refractivity contribution in [3.63, 3.8) is 0 Å². The van der Waals surface area contributed by atoms with Gasteiger partial charge in [-0.15, -0.1) is 0 Å². The van der Waals surface area contributed by atoms with Crippen molar-refractivity contribution < 1.29 is 13.2 Å². The van der Waals surface area contributed by atoms with Gasteiger partial charge in [-0.25, -0.2) is 12.7 Å². The summed E-state index contributed by atoms with van der Waals surface area (Å²) in [5.41, 5.74) is 2.33. The Hall–Kier alpha value is -2.12. The predicted molar refractivity (Wildman–Crippen MR) is 86.6 cm³/mol. The highest BCUT2D eigenvalue weighted by Gasteiger charge is 2.28. The zero-order chi connectivity index (χ0) is 16.6. The molecule has 1 aromatic carbocycles. The molecule has 1 aliphatic rings. The molecule has 2 heterocycles. The topological polar surface area (TPSA) is 73.5 Å². The van der Waals surface area contributed by atoms with Gasteiger partial charge in [0.1, 0.15) is 0 Å². The van der Waals surface area contributed by atoms with E-state index >= 15 is 0 Å². The predicted octanol–water partition coefficient (Wildman–Crippen LogP) is 1.46. The minimum atomic E-state index is -3.47. The number of H-pyrrole nitrogens is 1. The summed E-state index contributed by atoms with van der Waals surface area (Å²) in [6.45, 7) is 0.938. The molecule has 6 nitrogen and oxygen atoms in total. The molecule has 7 heteroatoms. The molecular formula is C16H19N3O3S. The average molecular weight is 333 g/mol. The zero-order valence-corrected chi connectivity index (χ0v) is 13.9. The third-order valence-electron chi connectivity index (χ3n) is 4.11. The van der Waals surface area contributed by atoms with Crippen LogP contribution in [-0.2, 0) is 23.0 Å². The zero-order valence-electron chi connectivity index (χ0n) is 13.1. The molecule has 0 saturated heterocycles. The Labute approximate surface area is 135 Å². The lowest BCUT2D eigenvalue weighted by Gasteiger charge is -2.30. The molecule has 1 aliphatic heterocycles. The first-order chi connectivity index (χ1) is 10.9. The maximum atomic E-state index is 12.4. The van der Waals surface area contributed by atoms with E-state index in [2.05, 4.69) is 4.98 Å². The molecule has 0 aliphatic carbocycles. The van der Waals surface area contributed by atoms with Crippen molar-refractivity contribution in [1.82, 2.24) is 14.2 Å². The van der Waals surface area contributed by atoms with Gasteiger partial charge in [0.25, 0.3) is 5.91 Å². The van der Waals surface area contributed by atoms with Crippen molar-refractivity contribution in [3.05, 3.63) is 53.3 Å². The first-order valence-electron chi connectivity index (χ1n) is 7.36. The van der Waals surface area contributed by atoms with Crippen molar-refractivity contribution >= 4 is 15.9 Å².